The summed E-state index contributed by atoms with van der Waals surface area (Å²) in [5.41, 5.74) is 6.69. The van der Waals surface area contributed by atoms with Gasteiger partial charge < -0.3 is 16.2 Å². The van der Waals surface area contributed by atoms with Crippen LogP contribution in [0.1, 0.15) is 21.5 Å². The van der Waals surface area contributed by atoms with Crippen molar-refractivity contribution in [2.24, 2.45) is 5.73 Å². The zero-order chi connectivity index (χ0) is 14.5. The standard InChI is InChI=1S/C15H15FN2O2/c16-14-7-11(15(17)20)3-4-12(14)9-18-8-10-1-5-13(19)6-2-10/h1-7,18-19H,8-9H2,(H2,17,20). The number of hydrogen-bond acceptors (Lipinski definition) is 3. The molecule has 0 aliphatic carbocycles. The molecular formula is C15H15FN2O2. The summed E-state index contributed by atoms with van der Waals surface area (Å²) in [6.07, 6.45) is 0. The largest absolute Gasteiger partial charge is 0.508 e. The number of aromatic hydroxyl groups is 1. The minimum atomic E-state index is -0.646. The number of benzene rings is 2. The number of nitrogens with one attached hydrogen (secondary N) is 1. The van der Waals surface area contributed by atoms with E-state index in [1.807, 2.05) is 0 Å². The van der Waals surface area contributed by atoms with E-state index in [1.165, 1.54) is 6.07 Å². The molecule has 0 unspecified atom stereocenters. The molecule has 0 atom stereocenters. The third kappa shape index (κ3) is 3.55. The smallest absolute Gasteiger partial charge is 0.248 e. The lowest BCUT2D eigenvalue weighted by molar-refractivity contribution is 0.1000. The SMILES string of the molecule is NC(=O)c1ccc(CNCc2ccc(O)cc2)c(F)c1. The average molecular weight is 274 g/mol. The molecular weight excluding hydrogens is 259 g/mol. The fourth-order valence-corrected chi connectivity index (χ4v) is 1.80. The van der Waals surface area contributed by atoms with Crippen molar-refractivity contribution in [1.29, 1.82) is 0 Å². The van der Waals surface area contributed by atoms with E-state index in [4.69, 9.17) is 10.8 Å². The van der Waals surface area contributed by atoms with Crippen LogP contribution in [-0.4, -0.2) is 11.0 Å². The Bertz CT molecular complexity index is 612. The second-order valence-electron chi connectivity index (χ2n) is 4.44. The molecule has 5 heteroatoms. The molecule has 0 aliphatic rings. The van der Waals surface area contributed by atoms with Crippen LogP contribution in [0.3, 0.4) is 0 Å². The molecule has 0 fully saturated rings. The summed E-state index contributed by atoms with van der Waals surface area (Å²) < 4.78 is 13.7. The normalized spacial score (nSPS) is 10.4. The third-order valence-electron chi connectivity index (χ3n) is 2.92. The van der Waals surface area contributed by atoms with Gasteiger partial charge in [-0.3, -0.25) is 4.79 Å². The molecule has 0 heterocycles. The molecule has 4 nitrogen and oxygen atoms in total. The van der Waals surface area contributed by atoms with Crippen LogP contribution in [-0.2, 0) is 13.1 Å². The van der Waals surface area contributed by atoms with Gasteiger partial charge in [-0.05, 0) is 29.8 Å². The van der Waals surface area contributed by atoms with Gasteiger partial charge in [0.2, 0.25) is 5.91 Å². The van der Waals surface area contributed by atoms with Crippen molar-refractivity contribution in [3.63, 3.8) is 0 Å². The lowest BCUT2D eigenvalue weighted by Crippen LogP contribution is -2.15. The van der Waals surface area contributed by atoms with Crippen molar-refractivity contribution in [2.75, 3.05) is 0 Å². The number of primary amides is 1. The van der Waals surface area contributed by atoms with Crippen LogP contribution >= 0.6 is 0 Å². The maximum absolute atomic E-state index is 13.7. The van der Waals surface area contributed by atoms with Gasteiger partial charge in [-0.1, -0.05) is 18.2 Å². The van der Waals surface area contributed by atoms with E-state index in [0.717, 1.165) is 11.6 Å². The van der Waals surface area contributed by atoms with Crippen molar-refractivity contribution in [1.82, 2.24) is 5.32 Å². The highest BCUT2D eigenvalue weighted by Gasteiger charge is 2.06. The summed E-state index contributed by atoms with van der Waals surface area (Å²) in [5, 5.41) is 12.2. The zero-order valence-electron chi connectivity index (χ0n) is 10.8. The maximum atomic E-state index is 13.7. The molecule has 1 amide bonds. The van der Waals surface area contributed by atoms with Crippen LogP contribution in [0.4, 0.5) is 4.39 Å². The fraction of sp³-hybridized carbons (Fsp3) is 0.133. The van der Waals surface area contributed by atoms with E-state index in [1.54, 1.807) is 30.3 Å². The number of hydrogen-bond donors (Lipinski definition) is 3. The molecule has 0 bridgehead atoms. The number of nitrogens with two attached hydrogens (primary N) is 1. The van der Waals surface area contributed by atoms with Gasteiger partial charge in [-0.2, -0.15) is 0 Å². The molecule has 104 valence electrons. The second-order valence-corrected chi connectivity index (χ2v) is 4.44. The zero-order valence-corrected chi connectivity index (χ0v) is 10.8. The van der Waals surface area contributed by atoms with Crippen molar-refractivity contribution in [3.8, 4) is 5.75 Å². The van der Waals surface area contributed by atoms with Crippen LogP contribution in [0.2, 0.25) is 0 Å². The first-order valence-electron chi connectivity index (χ1n) is 6.13. The lowest BCUT2D eigenvalue weighted by Gasteiger charge is -2.07. The quantitative estimate of drug-likeness (QED) is 0.779. The highest BCUT2D eigenvalue weighted by atomic mass is 19.1. The highest BCUT2D eigenvalue weighted by Crippen LogP contribution is 2.12. The maximum Gasteiger partial charge on any atom is 0.248 e. The Kier molecular flexibility index (Phi) is 4.32. The van der Waals surface area contributed by atoms with E-state index in [9.17, 15) is 9.18 Å². The molecule has 0 spiro atoms. The van der Waals surface area contributed by atoms with E-state index in [2.05, 4.69) is 5.32 Å². The molecule has 2 rings (SSSR count). The molecule has 0 saturated heterocycles. The van der Waals surface area contributed by atoms with Crippen LogP contribution in [0.25, 0.3) is 0 Å². The Balaban J connectivity index is 1.94. The van der Waals surface area contributed by atoms with E-state index < -0.39 is 11.7 Å². The van der Waals surface area contributed by atoms with E-state index in [0.29, 0.717) is 18.7 Å². The van der Waals surface area contributed by atoms with E-state index in [-0.39, 0.29) is 11.3 Å². The Morgan fingerprint density at radius 1 is 1.15 bits per heavy atom. The monoisotopic (exact) mass is 274 g/mol. The summed E-state index contributed by atoms with van der Waals surface area (Å²) in [5.74, 6) is -0.895. The summed E-state index contributed by atoms with van der Waals surface area (Å²) in [6.45, 7) is 0.892. The minimum Gasteiger partial charge on any atom is -0.508 e. The Hall–Kier alpha value is -2.40. The lowest BCUT2D eigenvalue weighted by atomic mass is 10.1. The minimum absolute atomic E-state index is 0.157. The Morgan fingerprint density at radius 3 is 2.45 bits per heavy atom. The van der Waals surface area contributed by atoms with Crippen molar-refractivity contribution in [3.05, 3.63) is 65.0 Å². The first-order valence-corrected chi connectivity index (χ1v) is 6.13. The topological polar surface area (TPSA) is 75.4 Å². The molecule has 4 N–H and O–H groups in total. The van der Waals surface area contributed by atoms with Crippen molar-refractivity contribution >= 4 is 5.91 Å². The average Bonchev–Trinajstić information content (AvgIpc) is 2.42. The molecule has 2 aromatic carbocycles. The molecule has 0 saturated carbocycles. The van der Waals surface area contributed by atoms with Gasteiger partial charge in [0.15, 0.2) is 0 Å². The van der Waals surface area contributed by atoms with Crippen molar-refractivity contribution in [2.45, 2.75) is 13.1 Å². The number of phenols is 1. The predicted molar refractivity (Wildman–Crippen MR) is 73.6 cm³/mol. The summed E-state index contributed by atoms with van der Waals surface area (Å²) in [4.78, 5) is 10.9. The number of phenolic OH excluding ortho intramolecular Hbond substituents is 1. The Labute approximate surface area is 116 Å². The third-order valence-corrected chi connectivity index (χ3v) is 2.92. The first-order chi connectivity index (χ1) is 9.56. The van der Waals surface area contributed by atoms with Gasteiger partial charge in [0.05, 0.1) is 0 Å². The van der Waals surface area contributed by atoms with Crippen LogP contribution in [0.5, 0.6) is 5.75 Å². The molecule has 0 radical (unpaired) electrons. The number of carbonyl (C=O) groups is 1. The fourth-order valence-electron chi connectivity index (χ4n) is 1.80. The number of amides is 1. The van der Waals surface area contributed by atoms with E-state index >= 15 is 0 Å². The van der Waals surface area contributed by atoms with Gasteiger partial charge >= 0.3 is 0 Å². The van der Waals surface area contributed by atoms with Gasteiger partial charge in [0.1, 0.15) is 11.6 Å². The summed E-state index contributed by atoms with van der Waals surface area (Å²) >= 11 is 0. The van der Waals surface area contributed by atoms with Crippen molar-refractivity contribution < 1.29 is 14.3 Å². The van der Waals surface area contributed by atoms with Gasteiger partial charge in [-0.15, -0.1) is 0 Å². The molecule has 0 aromatic heterocycles. The number of halogens is 1. The predicted octanol–water partition coefficient (Wildman–Crippen LogP) is 1.92. The van der Waals surface area contributed by atoms with Crippen LogP contribution < -0.4 is 11.1 Å². The summed E-state index contributed by atoms with van der Waals surface area (Å²) in [7, 11) is 0. The van der Waals surface area contributed by atoms with Gasteiger partial charge in [0, 0.05) is 24.2 Å². The second kappa shape index (κ2) is 6.16. The number of rotatable bonds is 5. The number of carbonyl (C=O) groups excluding carboxylic acids is 1. The highest BCUT2D eigenvalue weighted by molar-refractivity contribution is 5.92. The summed E-state index contributed by atoms with van der Waals surface area (Å²) in [6, 6.07) is 10.9. The molecule has 2 aromatic rings. The Morgan fingerprint density at radius 2 is 1.85 bits per heavy atom. The van der Waals surface area contributed by atoms with Crippen LogP contribution in [0.15, 0.2) is 42.5 Å². The van der Waals surface area contributed by atoms with Gasteiger partial charge in [-0.25, -0.2) is 4.39 Å². The van der Waals surface area contributed by atoms with Gasteiger partial charge in [0.25, 0.3) is 0 Å². The molecule has 0 aliphatic heterocycles. The first kappa shape index (κ1) is 14.0. The molecule has 20 heavy (non-hydrogen) atoms. The van der Waals surface area contributed by atoms with Crippen LogP contribution in [0, 0.1) is 5.82 Å².